The first kappa shape index (κ1) is 22.9. The lowest BCUT2D eigenvalue weighted by atomic mass is 9.96. The maximum absolute atomic E-state index is 13.6. The lowest BCUT2D eigenvalue weighted by Gasteiger charge is -2.44. The molecule has 174 valence electrons. The molecule has 1 N–H and O–H groups in total. The van der Waals surface area contributed by atoms with E-state index >= 15 is 0 Å². The van der Waals surface area contributed by atoms with Crippen LogP contribution in [-0.2, 0) is 9.53 Å². The smallest absolute Gasteiger partial charge is 0.256 e. The minimum Gasteiger partial charge on any atom is -0.353 e. The van der Waals surface area contributed by atoms with Gasteiger partial charge < -0.3 is 15.0 Å². The lowest BCUT2D eigenvalue weighted by Crippen LogP contribution is -2.60. The molecule has 0 unspecified atom stereocenters. The Morgan fingerprint density at radius 1 is 1.00 bits per heavy atom. The first-order valence-electron chi connectivity index (χ1n) is 11.2. The fraction of sp³-hybridized carbons (Fsp3) is 0.400. The molecule has 2 aliphatic heterocycles. The van der Waals surface area contributed by atoms with E-state index in [0.717, 1.165) is 0 Å². The summed E-state index contributed by atoms with van der Waals surface area (Å²) in [6.45, 7) is 4.47. The molecular weight excluding hydrogens is 425 g/mol. The predicted molar refractivity (Wildman–Crippen MR) is 120 cm³/mol. The molecule has 8 heteroatoms. The minimum absolute atomic E-state index is 0.0755. The van der Waals surface area contributed by atoms with E-state index < -0.39 is 17.6 Å². The zero-order valence-corrected chi connectivity index (χ0v) is 18.8. The summed E-state index contributed by atoms with van der Waals surface area (Å²) in [5.41, 5.74) is -0.224. The fourth-order valence-corrected chi connectivity index (χ4v) is 4.53. The van der Waals surface area contributed by atoms with Crippen LogP contribution in [0.25, 0.3) is 0 Å². The molecule has 0 radical (unpaired) electrons. The first-order chi connectivity index (χ1) is 15.8. The molecule has 0 aliphatic carbocycles. The van der Waals surface area contributed by atoms with Crippen molar-refractivity contribution in [2.75, 3.05) is 19.7 Å². The molecule has 1 spiro atoms. The van der Waals surface area contributed by atoms with Crippen molar-refractivity contribution >= 4 is 17.7 Å². The monoisotopic (exact) mass is 453 g/mol. The van der Waals surface area contributed by atoms with Gasteiger partial charge in [0.15, 0.2) is 0 Å². The average molecular weight is 454 g/mol. The minimum atomic E-state index is -0.982. The molecule has 7 nitrogen and oxygen atoms in total. The van der Waals surface area contributed by atoms with Crippen molar-refractivity contribution in [2.45, 2.75) is 44.5 Å². The van der Waals surface area contributed by atoms with Gasteiger partial charge in [0.25, 0.3) is 11.8 Å². The number of benzene rings is 2. The van der Waals surface area contributed by atoms with Crippen molar-refractivity contribution in [3.8, 4) is 0 Å². The maximum Gasteiger partial charge on any atom is 0.256 e. The van der Waals surface area contributed by atoms with Crippen LogP contribution in [0.1, 0.15) is 47.4 Å². The molecule has 2 aliphatic rings. The van der Waals surface area contributed by atoms with Gasteiger partial charge in [-0.25, -0.2) is 4.39 Å². The number of halogens is 1. The van der Waals surface area contributed by atoms with E-state index in [1.807, 2.05) is 19.9 Å². The molecular formula is C25H28FN3O4. The highest BCUT2D eigenvalue weighted by Crippen LogP contribution is 2.38. The Bertz CT molecular complexity index is 1030. The van der Waals surface area contributed by atoms with E-state index in [-0.39, 0.29) is 35.9 Å². The second kappa shape index (κ2) is 9.31. The molecule has 33 heavy (non-hydrogen) atoms. The molecule has 1 atom stereocenters. The second-order valence-electron chi connectivity index (χ2n) is 8.78. The van der Waals surface area contributed by atoms with Crippen LogP contribution in [0.3, 0.4) is 0 Å². The number of hydrogen-bond acceptors (Lipinski definition) is 4. The Morgan fingerprint density at radius 3 is 2.30 bits per heavy atom. The van der Waals surface area contributed by atoms with Crippen molar-refractivity contribution in [1.29, 1.82) is 0 Å². The second-order valence-corrected chi connectivity index (χ2v) is 8.78. The van der Waals surface area contributed by atoms with E-state index in [4.69, 9.17) is 4.74 Å². The summed E-state index contributed by atoms with van der Waals surface area (Å²) in [6, 6.07) is 13.6. The number of piperidine rings is 1. The summed E-state index contributed by atoms with van der Waals surface area (Å²) in [7, 11) is 0. The summed E-state index contributed by atoms with van der Waals surface area (Å²) in [4.78, 5) is 42.5. The van der Waals surface area contributed by atoms with Gasteiger partial charge in [-0.1, -0.05) is 24.3 Å². The van der Waals surface area contributed by atoms with Crippen LogP contribution in [-0.4, -0.2) is 65.0 Å². The van der Waals surface area contributed by atoms with Crippen molar-refractivity contribution in [1.82, 2.24) is 15.1 Å². The van der Waals surface area contributed by atoms with Gasteiger partial charge in [0, 0.05) is 43.1 Å². The van der Waals surface area contributed by atoms with Crippen molar-refractivity contribution in [2.24, 2.45) is 0 Å². The van der Waals surface area contributed by atoms with Gasteiger partial charge in [-0.05, 0) is 44.2 Å². The largest absolute Gasteiger partial charge is 0.353 e. The number of hydrogen-bond donors (Lipinski definition) is 1. The zero-order valence-electron chi connectivity index (χ0n) is 18.8. The molecule has 2 aromatic rings. The van der Waals surface area contributed by atoms with Crippen LogP contribution in [0, 0.1) is 5.82 Å². The van der Waals surface area contributed by atoms with Gasteiger partial charge in [0.2, 0.25) is 5.91 Å². The molecule has 2 aromatic carbocycles. The number of ether oxygens (including phenoxy) is 1. The SMILES string of the molecule is CC(C)NC(=O)[C@H]1COC2(CCN(C(=O)c3cccc(F)c3)CC2)N1C(=O)c1ccccc1. The normalized spacial score (nSPS) is 19.7. The molecule has 4 rings (SSSR count). The topological polar surface area (TPSA) is 79.0 Å². The lowest BCUT2D eigenvalue weighted by molar-refractivity contribution is -0.128. The van der Waals surface area contributed by atoms with E-state index in [2.05, 4.69) is 5.32 Å². The molecule has 3 amide bonds. The maximum atomic E-state index is 13.6. The highest BCUT2D eigenvalue weighted by atomic mass is 19.1. The summed E-state index contributed by atoms with van der Waals surface area (Å²) >= 11 is 0. The Balaban J connectivity index is 1.57. The van der Waals surface area contributed by atoms with Gasteiger partial charge in [-0.15, -0.1) is 0 Å². The van der Waals surface area contributed by atoms with Gasteiger partial charge in [0.05, 0.1) is 6.61 Å². The number of carbonyl (C=O) groups is 3. The Morgan fingerprint density at radius 2 is 1.67 bits per heavy atom. The van der Waals surface area contributed by atoms with Crippen molar-refractivity contribution in [3.63, 3.8) is 0 Å². The number of amides is 3. The molecule has 2 heterocycles. The third-order valence-corrected chi connectivity index (χ3v) is 6.14. The highest BCUT2D eigenvalue weighted by molar-refractivity contribution is 5.98. The van der Waals surface area contributed by atoms with Crippen LogP contribution in [0.5, 0.6) is 0 Å². The van der Waals surface area contributed by atoms with Crippen molar-refractivity contribution in [3.05, 3.63) is 71.5 Å². The van der Waals surface area contributed by atoms with Crippen molar-refractivity contribution < 1.29 is 23.5 Å². The Labute approximate surface area is 192 Å². The Kier molecular flexibility index (Phi) is 6.47. The van der Waals surface area contributed by atoms with E-state index in [9.17, 15) is 18.8 Å². The highest BCUT2D eigenvalue weighted by Gasteiger charge is 2.54. The van der Waals surface area contributed by atoms with Crippen LogP contribution < -0.4 is 5.32 Å². The average Bonchev–Trinajstić information content (AvgIpc) is 3.17. The van der Waals surface area contributed by atoms with Crippen LogP contribution in [0.15, 0.2) is 54.6 Å². The number of carbonyl (C=O) groups excluding carboxylic acids is 3. The molecule has 0 bridgehead atoms. The molecule has 2 saturated heterocycles. The molecule has 0 aromatic heterocycles. The van der Waals surface area contributed by atoms with Gasteiger partial charge >= 0.3 is 0 Å². The third-order valence-electron chi connectivity index (χ3n) is 6.14. The number of likely N-dealkylation sites (tertiary alicyclic amines) is 1. The number of nitrogens with zero attached hydrogens (tertiary/aromatic N) is 2. The van der Waals surface area contributed by atoms with Crippen LogP contribution in [0.2, 0.25) is 0 Å². The summed E-state index contributed by atoms with van der Waals surface area (Å²) in [5.74, 6) is -1.27. The van der Waals surface area contributed by atoms with Crippen LogP contribution >= 0.6 is 0 Å². The predicted octanol–water partition coefficient (Wildman–Crippen LogP) is 2.82. The first-order valence-corrected chi connectivity index (χ1v) is 11.2. The van der Waals surface area contributed by atoms with Crippen LogP contribution in [0.4, 0.5) is 4.39 Å². The number of rotatable bonds is 4. The summed E-state index contributed by atoms with van der Waals surface area (Å²) in [6.07, 6.45) is 0.718. The number of nitrogens with one attached hydrogen (secondary N) is 1. The summed E-state index contributed by atoms with van der Waals surface area (Å²) in [5, 5.41) is 2.88. The molecule has 0 saturated carbocycles. The fourth-order valence-electron chi connectivity index (χ4n) is 4.53. The van der Waals surface area contributed by atoms with E-state index in [1.54, 1.807) is 40.1 Å². The zero-order chi connectivity index (χ0) is 23.6. The van der Waals surface area contributed by atoms with Gasteiger partial charge in [-0.2, -0.15) is 0 Å². The van der Waals surface area contributed by atoms with Gasteiger partial charge in [0.1, 0.15) is 17.6 Å². The quantitative estimate of drug-likeness (QED) is 0.772. The van der Waals surface area contributed by atoms with E-state index in [0.29, 0.717) is 31.5 Å². The standard InChI is InChI=1S/C25H28FN3O4/c1-17(2)27-22(30)21-16-33-25(29(21)24(32)18-7-4-3-5-8-18)11-13-28(14-12-25)23(31)19-9-6-10-20(26)15-19/h3-10,15,17,21H,11-14,16H2,1-2H3,(H,27,30)/t21-/m1/s1. The van der Waals surface area contributed by atoms with Gasteiger partial charge in [-0.3, -0.25) is 19.3 Å². The Hall–Kier alpha value is -3.26. The summed E-state index contributed by atoms with van der Waals surface area (Å²) < 4.78 is 19.7. The third kappa shape index (κ3) is 4.61. The van der Waals surface area contributed by atoms with E-state index in [1.165, 1.54) is 18.2 Å². The molecule has 2 fully saturated rings.